The van der Waals surface area contributed by atoms with Gasteiger partial charge in [-0.25, -0.2) is 0 Å². The summed E-state index contributed by atoms with van der Waals surface area (Å²) in [5.41, 5.74) is 1.81. The van der Waals surface area contributed by atoms with Crippen LogP contribution < -0.4 is 10.1 Å². The maximum Gasteiger partial charge on any atom is 0.121 e. The number of rotatable bonds is 9. The molecule has 0 saturated heterocycles. The Balaban J connectivity index is 0.00000210. The number of aliphatic hydroxyl groups excluding tert-OH is 1. The highest BCUT2D eigenvalue weighted by atomic mass is 35.5. The minimum absolute atomic E-state index is 0. The molecule has 0 amide bonds. The first kappa shape index (κ1) is 25.8. The SMILES string of the molecule is COc1cc(NCC(O)CN(CC(C)C)C2CCCC2)c2ncccc2c1.Cl.Cl. The molecule has 0 spiro atoms. The Labute approximate surface area is 187 Å². The van der Waals surface area contributed by atoms with E-state index in [2.05, 4.69) is 29.0 Å². The molecule has 3 rings (SSSR count). The smallest absolute Gasteiger partial charge is 0.121 e. The molecule has 1 aromatic heterocycles. The fraction of sp³-hybridized carbons (Fsp3) is 0.591. The molecular formula is C22H35Cl2N3O2. The van der Waals surface area contributed by atoms with Crippen LogP contribution in [0.5, 0.6) is 5.75 Å². The standard InChI is InChI=1S/C22H33N3O2.2ClH/c1-16(2)14-25(18-8-4-5-9-18)15-19(26)13-24-21-12-20(27-3)11-17-7-6-10-23-22(17)21;;/h6-7,10-12,16,18-19,24,26H,4-5,8-9,13-15H2,1-3H3;2*1H. The lowest BCUT2D eigenvalue weighted by Gasteiger charge is -2.32. The van der Waals surface area contributed by atoms with E-state index in [9.17, 15) is 5.11 Å². The molecule has 0 aliphatic heterocycles. The van der Waals surface area contributed by atoms with Crippen LogP contribution in [0.15, 0.2) is 30.5 Å². The first-order chi connectivity index (χ1) is 13.1. The highest BCUT2D eigenvalue weighted by molar-refractivity contribution is 5.91. The minimum atomic E-state index is -0.422. The van der Waals surface area contributed by atoms with Gasteiger partial charge in [-0.1, -0.05) is 32.8 Å². The van der Waals surface area contributed by atoms with E-state index in [1.165, 1.54) is 25.7 Å². The Hall–Kier alpha value is -1.27. The van der Waals surface area contributed by atoms with E-state index in [-0.39, 0.29) is 24.8 Å². The van der Waals surface area contributed by atoms with Gasteiger partial charge >= 0.3 is 0 Å². The lowest BCUT2D eigenvalue weighted by molar-refractivity contribution is 0.0868. The molecule has 2 N–H and O–H groups in total. The van der Waals surface area contributed by atoms with Gasteiger partial charge in [-0.15, -0.1) is 24.8 Å². The average molecular weight is 444 g/mol. The molecule has 2 aromatic rings. The Kier molecular flexibility index (Phi) is 11.0. The van der Waals surface area contributed by atoms with Gasteiger partial charge in [0.25, 0.3) is 0 Å². The molecule has 1 aliphatic carbocycles. The average Bonchev–Trinajstić information content (AvgIpc) is 3.19. The summed E-state index contributed by atoms with van der Waals surface area (Å²) in [6, 6.07) is 8.50. The van der Waals surface area contributed by atoms with Gasteiger partial charge in [-0.05, 0) is 30.9 Å². The Morgan fingerprint density at radius 3 is 2.59 bits per heavy atom. The first-order valence-electron chi connectivity index (χ1n) is 10.2. The molecule has 1 aromatic carbocycles. The van der Waals surface area contributed by atoms with Crippen molar-refractivity contribution in [2.75, 3.05) is 32.1 Å². The van der Waals surface area contributed by atoms with Crippen LogP contribution in [0.1, 0.15) is 39.5 Å². The number of hydrogen-bond donors (Lipinski definition) is 2. The normalized spacial score (nSPS) is 15.2. The highest BCUT2D eigenvalue weighted by Crippen LogP contribution is 2.28. The molecule has 0 bridgehead atoms. The summed E-state index contributed by atoms with van der Waals surface area (Å²) in [6.45, 7) is 6.76. The molecule has 1 aliphatic rings. The Morgan fingerprint density at radius 1 is 1.21 bits per heavy atom. The van der Waals surface area contributed by atoms with Crippen molar-refractivity contribution in [2.24, 2.45) is 5.92 Å². The van der Waals surface area contributed by atoms with Crippen molar-refractivity contribution in [3.05, 3.63) is 30.5 Å². The molecular weight excluding hydrogens is 409 g/mol. The number of methoxy groups -OCH3 is 1. The zero-order valence-corrected chi connectivity index (χ0v) is 19.3. The third kappa shape index (κ3) is 7.18. The minimum Gasteiger partial charge on any atom is -0.497 e. The van der Waals surface area contributed by atoms with Crippen molar-refractivity contribution < 1.29 is 9.84 Å². The van der Waals surface area contributed by atoms with E-state index in [0.717, 1.165) is 28.9 Å². The van der Waals surface area contributed by atoms with Crippen LogP contribution in [0.25, 0.3) is 10.9 Å². The fourth-order valence-corrected chi connectivity index (χ4v) is 4.09. The van der Waals surface area contributed by atoms with Gasteiger partial charge in [0.05, 0.1) is 24.4 Å². The predicted molar refractivity (Wildman–Crippen MR) is 126 cm³/mol. The molecule has 1 saturated carbocycles. The third-order valence-corrected chi connectivity index (χ3v) is 5.33. The summed E-state index contributed by atoms with van der Waals surface area (Å²) in [7, 11) is 1.67. The van der Waals surface area contributed by atoms with E-state index in [1.54, 1.807) is 13.3 Å². The highest BCUT2D eigenvalue weighted by Gasteiger charge is 2.25. The maximum atomic E-state index is 10.7. The number of ether oxygens (including phenoxy) is 1. The second-order valence-corrected chi connectivity index (χ2v) is 8.07. The molecule has 1 unspecified atom stereocenters. The van der Waals surface area contributed by atoms with Crippen molar-refractivity contribution in [1.82, 2.24) is 9.88 Å². The van der Waals surface area contributed by atoms with Crippen LogP contribution >= 0.6 is 24.8 Å². The van der Waals surface area contributed by atoms with E-state index in [1.807, 2.05) is 24.3 Å². The van der Waals surface area contributed by atoms with Gasteiger partial charge in [0.2, 0.25) is 0 Å². The number of nitrogens with one attached hydrogen (secondary N) is 1. The summed E-state index contributed by atoms with van der Waals surface area (Å²) < 4.78 is 5.41. The monoisotopic (exact) mass is 443 g/mol. The van der Waals surface area contributed by atoms with Gasteiger partial charge in [-0.3, -0.25) is 9.88 Å². The number of aliphatic hydroxyl groups is 1. The zero-order valence-electron chi connectivity index (χ0n) is 17.6. The summed E-state index contributed by atoms with van der Waals surface area (Å²) in [6.07, 6.45) is 6.52. The Morgan fingerprint density at radius 2 is 1.93 bits per heavy atom. The fourth-order valence-electron chi connectivity index (χ4n) is 4.09. The van der Waals surface area contributed by atoms with Crippen molar-refractivity contribution >= 4 is 41.4 Å². The number of hydrogen-bond acceptors (Lipinski definition) is 5. The van der Waals surface area contributed by atoms with Crippen molar-refractivity contribution in [1.29, 1.82) is 0 Å². The van der Waals surface area contributed by atoms with Crippen molar-refractivity contribution in [3.8, 4) is 5.75 Å². The lowest BCUT2D eigenvalue weighted by Crippen LogP contribution is -2.43. The molecule has 29 heavy (non-hydrogen) atoms. The summed E-state index contributed by atoms with van der Waals surface area (Å²) in [5.74, 6) is 1.40. The molecule has 164 valence electrons. The van der Waals surface area contributed by atoms with Gasteiger partial charge in [0.1, 0.15) is 5.75 Å². The van der Waals surface area contributed by atoms with Crippen LogP contribution in [0.3, 0.4) is 0 Å². The van der Waals surface area contributed by atoms with Gasteiger partial charge in [0, 0.05) is 43.3 Å². The number of benzene rings is 1. The van der Waals surface area contributed by atoms with Crippen LogP contribution in [0.4, 0.5) is 5.69 Å². The molecule has 1 fully saturated rings. The third-order valence-electron chi connectivity index (χ3n) is 5.33. The number of pyridine rings is 1. The summed E-state index contributed by atoms with van der Waals surface area (Å²) >= 11 is 0. The second kappa shape index (κ2) is 12.4. The van der Waals surface area contributed by atoms with Crippen LogP contribution in [0.2, 0.25) is 0 Å². The van der Waals surface area contributed by atoms with E-state index >= 15 is 0 Å². The molecule has 1 atom stereocenters. The molecule has 1 heterocycles. The summed E-state index contributed by atoms with van der Waals surface area (Å²) in [4.78, 5) is 6.98. The zero-order chi connectivity index (χ0) is 19.2. The maximum absolute atomic E-state index is 10.7. The lowest BCUT2D eigenvalue weighted by atomic mass is 10.1. The van der Waals surface area contributed by atoms with Crippen molar-refractivity contribution in [2.45, 2.75) is 51.7 Å². The van der Waals surface area contributed by atoms with E-state index < -0.39 is 6.10 Å². The second-order valence-electron chi connectivity index (χ2n) is 8.07. The van der Waals surface area contributed by atoms with Crippen LogP contribution in [-0.4, -0.2) is 53.9 Å². The molecule has 7 heteroatoms. The van der Waals surface area contributed by atoms with Gasteiger partial charge in [-0.2, -0.15) is 0 Å². The number of halogens is 2. The number of nitrogens with zero attached hydrogens (tertiary/aromatic N) is 2. The van der Waals surface area contributed by atoms with Gasteiger partial charge in [0.15, 0.2) is 0 Å². The van der Waals surface area contributed by atoms with Crippen LogP contribution in [0, 0.1) is 5.92 Å². The van der Waals surface area contributed by atoms with Crippen LogP contribution in [-0.2, 0) is 0 Å². The quantitative estimate of drug-likeness (QED) is 0.584. The number of anilines is 1. The van der Waals surface area contributed by atoms with Crippen molar-refractivity contribution in [3.63, 3.8) is 0 Å². The Bertz CT molecular complexity index is 739. The summed E-state index contributed by atoms with van der Waals surface area (Å²) in [5, 5.41) is 15.1. The van der Waals surface area contributed by atoms with E-state index in [4.69, 9.17) is 4.74 Å². The molecule has 5 nitrogen and oxygen atoms in total. The number of aromatic nitrogens is 1. The first-order valence-corrected chi connectivity index (χ1v) is 10.2. The molecule has 0 radical (unpaired) electrons. The predicted octanol–water partition coefficient (Wildman–Crippen LogP) is 4.76. The topological polar surface area (TPSA) is 57.6 Å². The van der Waals surface area contributed by atoms with Gasteiger partial charge < -0.3 is 15.2 Å². The number of fused-ring (bicyclic) bond motifs is 1. The largest absolute Gasteiger partial charge is 0.497 e. The van der Waals surface area contributed by atoms with E-state index in [0.29, 0.717) is 25.0 Å².